The maximum Gasteiger partial charge on any atom is 0.297 e. The highest BCUT2D eigenvalue weighted by Crippen LogP contribution is 2.54. The van der Waals surface area contributed by atoms with E-state index in [1.807, 2.05) is 0 Å². The van der Waals surface area contributed by atoms with E-state index in [-0.39, 0.29) is 76.0 Å². The summed E-state index contributed by atoms with van der Waals surface area (Å²) in [7, 11) is -4.75. The molecular formula is C52H62FN7O9S. The molecule has 10 rings (SSSR count). The van der Waals surface area contributed by atoms with Crippen molar-refractivity contribution in [3.8, 4) is 23.1 Å². The average molecular weight is 980 g/mol. The van der Waals surface area contributed by atoms with Gasteiger partial charge in [-0.15, -0.1) is 0 Å². The lowest BCUT2D eigenvalue weighted by Crippen LogP contribution is -2.54. The number of carbonyl (C=O) groups is 1. The molecule has 16 nitrogen and oxygen atoms in total. The fourth-order valence-corrected chi connectivity index (χ4v) is 12.8. The Kier molecular flexibility index (Phi) is 12.7. The number of nitrogens with zero attached hydrogens (tertiary/aromatic N) is 4. The number of hydrogen-bond donors (Lipinski definition) is 4. The van der Waals surface area contributed by atoms with E-state index in [1.54, 1.807) is 26.0 Å². The van der Waals surface area contributed by atoms with E-state index < -0.39 is 42.9 Å². The number of aromatic amines is 1. The van der Waals surface area contributed by atoms with E-state index in [4.69, 9.17) is 14.2 Å². The number of hydrogen-bond acceptors (Lipinski definition) is 13. The molecular weight excluding hydrogens is 918 g/mol. The molecule has 4 N–H and O–H groups in total. The minimum atomic E-state index is -4.75. The van der Waals surface area contributed by atoms with Crippen molar-refractivity contribution in [1.82, 2.24) is 19.6 Å². The molecule has 5 aliphatic rings. The summed E-state index contributed by atoms with van der Waals surface area (Å²) in [6.45, 7) is 11.1. The van der Waals surface area contributed by atoms with Crippen molar-refractivity contribution < 1.29 is 41.8 Å². The minimum absolute atomic E-state index is 0.00289. The molecule has 1 spiro atoms. The lowest BCUT2D eigenvalue weighted by Gasteiger charge is -2.56. The van der Waals surface area contributed by atoms with Crippen LogP contribution in [0.15, 0.2) is 71.8 Å². The molecule has 2 aromatic heterocycles. The van der Waals surface area contributed by atoms with Crippen LogP contribution >= 0.6 is 0 Å². The Balaban J connectivity index is 0.890. The minimum Gasteiger partial charge on any atom is -0.489 e. The first-order chi connectivity index (χ1) is 33.5. The molecule has 2 saturated heterocycles. The van der Waals surface area contributed by atoms with Crippen LogP contribution in [0.25, 0.3) is 11.0 Å². The Bertz CT molecular complexity index is 2920. The number of pyridine rings is 1. The van der Waals surface area contributed by atoms with Gasteiger partial charge >= 0.3 is 0 Å². The van der Waals surface area contributed by atoms with Gasteiger partial charge in [-0.2, -0.15) is 4.98 Å². The Morgan fingerprint density at radius 1 is 1.04 bits per heavy atom. The van der Waals surface area contributed by atoms with Gasteiger partial charge in [0, 0.05) is 61.3 Å². The standard InChI is InChI=1S/C52H62FN7O9S/c1-5-67-50-46(26-39-40(53)29-54-48(39)56-50)69-44-23-33(58-21-18-52(19-22-58)27-34(28-52)59-20-8-11-42(59)37-10-7-6-9-36(37)31(2)3)12-13-38(44)49(61)57-70(65,66)35-24-43(60(63)64)47-45(25-35)68-30-41(55-47)32-14-16-51(4,62)17-15-32/h6-7,9-10,12-13,23-26,29,31-32,34,41-42,55,62H,5,8,11,14-22,27-28,30H2,1-4H3,(H,54,56)(H,57,61)/t32-,41-,42-,51-/m1/s1. The number of halogens is 1. The Labute approximate surface area is 407 Å². The second kappa shape index (κ2) is 18.6. The number of amides is 1. The smallest absolute Gasteiger partial charge is 0.297 e. The first kappa shape index (κ1) is 47.7. The van der Waals surface area contributed by atoms with E-state index in [2.05, 4.69) is 67.9 Å². The number of nitrogens with one attached hydrogen (secondary N) is 3. The lowest BCUT2D eigenvalue weighted by molar-refractivity contribution is -0.384. The molecule has 4 fully saturated rings. The van der Waals surface area contributed by atoms with Crippen LogP contribution in [0.1, 0.15) is 125 Å². The van der Waals surface area contributed by atoms with Gasteiger partial charge in [0.25, 0.3) is 27.5 Å². The van der Waals surface area contributed by atoms with Crippen molar-refractivity contribution in [2.75, 3.05) is 43.1 Å². The molecule has 18 heteroatoms. The quantitative estimate of drug-likeness (QED) is 0.0642. The Morgan fingerprint density at radius 2 is 1.80 bits per heavy atom. The Morgan fingerprint density at radius 3 is 2.53 bits per heavy atom. The highest BCUT2D eigenvalue weighted by Gasteiger charge is 2.50. The van der Waals surface area contributed by atoms with Crippen molar-refractivity contribution in [3.05, 3.63) is 99.5 Å². The van der Waals surface area contributed by atoms with Crippen LogP contribution in [0.2, 0.25) is 0 Å². The van der Waals surface area contributed by atoms with E-state index in [9.17, 15) is 32.8 Å². The summed E-state index contributed by atoms with van der Waals surface area (Å²) in [5.41, 5.74) is 2.71. The summed E-state index contributed by atoms with van der Waals surface area (Å²) in [5.74, 6) is -1.13. The van der Waals surface area contributed by atoms with Crippen LogP contribution in [0.5, 0.6) is 23.1 Å². The van der Waals surface area contributed by atoms with Crippen LogP contribution in [0.4, 0.5) is 21.5 Å². The summed E-state index contributed by atoms with van der Waals surface area (Å²) in [6, 6.07) is 18.0. The Hall–Kier alpha value is -5.98. The van der Waals surface area contributed by atoms with Crippen LogP contribution < -0.4 is 29.1 Å². The fourth-order valence-electron chi connectivity index (χ4n) is 11.8. The molecule has 372 valence electrons. The fraction of sp³-hybridized carbons (Fsp3) is 0.500. The number of benzene rings is 3. The summed E-state index contributed by atoms with van der Waals surface area (Å²) in [5, 5.41) is 26.3. The number of rotatable bonds is 13. The van der Waals surface area contributed by atoms with Crippen molar-refractivity contribution in [3.63, 3.8) is 0 Å². The zero-order valence-electron chi connectivity index (χ0n) is 40.1. The third-order valence-electron chi connectivity index (χ3n) is 15.7. The topological polar surface area (TPSA) is 201 Å². The molecule has 2 aliphatic carbocycles. The zero-order valence-corrected chi connectivity index (χ0v) is 40.9. The molecule has 5 heterocycles. The number of ether oxygens (including phenoxy) is 3. The predicted octanol–water partition coefficient (Wildman–Crippen LogP) is 9.74. The molecule has 70 heavy (non-hydrogen) atoms. The summed E-state index contributed by atoms with van der Waals surface area (Å²) >= 11 is 0. The third-order valence-corrected chi connectivity index (χ3v) is 17.0. The van der Waals surface area contributed by atoms with Gasteiger partial charge < -0.3 is 34.5 Å². The van der Waals surface area contributed by atoms with Crippen LogP contribution in [-0.2, 0) is 10.0 Å². The van der Waals surface area contributed by atoms with Gasteiger partial charge in [0.05, 0.1) is 39.0 Å². The number of aromatic nitrogens is 2. The number of nitro benzene ring substituents is 1. The number of fused-ring (bicyclic) bond motifs is 2. The molecule has 0 unspecified atom stereocenters. The molecule has 0 radical (unpaired) electrons. The molecule has 2 atom stereocenters. The predicted molar refractivity (Wildman–Crippen MR) is 263 cm³/mol. The van der Waals surface area contributed by atoms with Crippen molar-refractivity contribution >= 4 is 44.0 Å². The normalized spacial score (nSPS) is 23.6. The first-order valence-corrected chi connectivity index (χ1v) is 26.2. The monoisotopic (exact) mass is 979 g/mol. The third kappa shape index (κ3) is 9.25. The van der Waals surface area contributed by atoms with Crippen molar-refractivity contribution in [1.29, 1.82) is 0 Å². The van der Waals surface area contributed by atoms with Gasteiger partial charge in [0.2, 0.25) is 0 Å². The van der Waals surface area contributed by atoms with Crippen molar-refractivity contribution in [2.45, 2.75) is 126 Å². The number of sulfonamides is 1. The van der Waals surface area contributed by atoms with Crippen LogP contribution in [0, 0.1) is 27.3 Å². The number of piperidine rings is 1. The lowest BCUT2D eigenvalue weighted by atomic mass is 9.59. The molecule has 0 bridgehead atoms. The van der Waals surface area contributed by atoms with Crippen LogP contribution in [0.3, 0.4) is 0 Å². The summed E-state index contributed by atoms with van der Waals surface area (Å²) in [6.07, 6.45) is 10.4. The molecule has 1 amide bonds. The van der Waals surface area contributed by atoms with Crippen LogP contribution in [-0.4, -0.2) is 89.8 Å². The van der Waals surface area contributed by atoms with Gasteiger partial charge in [-0.05, 0) is 125 Å². The highest BCUT2D eigenvalue weighted by molar-refractivity contribution is 7.90. The van der Waals surface area contributed by atoms with E-state index in [0.29, 0.717) is 43.7 Å². The number of carbonyl (C=O) groups excluding carboxylic acids is 1. The average Bonchev–Trinajstić information content (AvgIpc) is 3.96. The van der Waals surface area contributed by atoms with Gasteiger partial charge in [-0.3, -0.25) is 19.8 Å². The van der Waals surface area contributed by atoms with Gasteiger partial charge in [-0.25, -0.2) is 17.5 Å². The van der Waals surface area contributed by atoms with Gasteiger partial charge in [0.15, 0.2) is 17.2 Å². The maximum absolute atomic E-state index is 14.9. The zero-order chi connectivity index (χ0) is 49.1. The second-order valence-electron chi connectivity index (χ2n) is 20.7. The number of aliphatic hydroxyl groups is 1. The number of nitro groups is 1. The van der Waals surface area contributed by atoms with E-state index in [1.165, 1.54) is 36.1 Å². The molecule has 2 saturated carbocycles. The van der Waals surface area contributed by atoms with E-state index in [0.717, 1.165) is 69.3 Å². The largest absolute Gasteiger partial charge is 0.489 e. The summed E-state index contributed by atoms with van der Waals surface area (Å²) in [4.78, 5) is 37.7. The SMILES string of the molecule is CCOc1nc2[nH]cc(F)c2cc1Oc1cc(N2CCC3(CC2)CC(N2CCC[C@@H]2c2ccccc2C(C)C)C3)ccc1C(=O)NS(=O)(=O)c1cc2c(c([N+](=O)[O-])c1)N[C@@H]([C@H]1CC[C@](C)(O)CC1)CO2. The number of likely N-dealkylation sites (tertiary alicyclic amines) is 1. The molecule has 3 aliphatic heterocycles. The number of H-pyrrole nitrogens is 1. The number of anilines is 2. The van der Waals surface area contributed by atoms with Gasteiger partial charge in [-0.1, -0.05) is 38.1 Å². The van der Waals surface area contributed by atoms with Gasteiger partial charge in [0.1, 0.15) is 23.8 Å². The maximum atomic E-state index is 14.9. The first-order valence-electron chi connectivity index (χ1n) is 24.7. The van der Waals surface area contributed by atoms with Crippen molar-refractivity contribution in [2.24, 2.45) is 11.3 Å². The second-order valence-corrected chi connectivity index (χ2v) is 22.4. The van der Waals surface area contributed by atoms with E-state index >= 15 is 0 Å². The molecule has 3 aromatic carbocycles. The highest BCUT2D eigenvalue weighted by atomic mass is 32.2. The molecule has 5 aromatic rings. The summed E-state index contributed by atoms with van der Waals surface area (Å²) < 4.78 is 63.4.